The summed E-state index contributed by atoms with van der Waals surface area (Å²) in [4.78, 5) is 16.7. The molecule has 1 aliphatic heterocycles. The zero-order valence-corrected chi connectivity index (χ0v) is 13.9. The molecule has 0 aromatic carbocycles. The summed E-state index contributed by atoms with van der Waals surface area (Å²) < 4.78 is 0. The van der Waals surface area contributed by atoms with E-state index >= 15 is 0 Å². The first-order valence-electron chi connectivity index (χ1n) is 7.54. The Kier molecular flexibility index (Phi) is 16.3. The molecule has 4 heteroatoms. The van der Waals surface area contributed by atoms with Gasteiger partial charge in [-0.1, -0.05) is 27.7 Å². The van der Waals surface area contributed by atoms with Gasteiger partial charge in [-0.3, -0.25) is 9.78 Å². The normalized spacial score (nSPS) is 12.7. The van der Waals surface area contributed by atoms with Crippen molar-refractivity contribution in [1.82, 2.24) is 9.88 Å². The van der Waals surface area contributed by atoms with Crippen LogP contribution in [0.25, 0.3) is 0 Å². The molecule has 1 aromatic heterocycles. The highest BCUT2D eigenvalue weighted by atomic mass is 16.1. The number of amides is 1. The van der Waals surface area contributed by atoms with E-state index < -0.39 is 0 Å². The molecule has 0 radical (unpaired) electrons. The van der Waals surface area contributed by atoms with E-state index in [4.69, 9.17) is 0 Å². The van der Waals surface area contributed by atoms with Gasteiger partial charge in [0.15, 0.2) is 0 Å². The fourth-order valence-electron chi connectivity index (χ4n) is 1.52. The molecule has 0 aliphatic carbocycles. The van der Waals surface area contributed by atoms with Crippen LogP contribution in [-0.2, 0) is 4.79 Å². The van der Waals surface area contributed by atoms with Crippen LogP contribution in [0.5, 0.6) is 0 Å². The summed E-state index contributed by atoms with van der Waals surface area (Å²) in [5, 5.41) is 2.60. The lowest BCUT2D eigenvalue weighted by atomic mass is 10.4. The van der Waals surface area contributed by atoms with Gasteiger partial charge in [0.2, 0.25) is 5.91 Å². The van der Waals surface area contributed by atoms with Crippen LogP contribution in [0, 0.1) is 0 Å². The van der Waals surface area contributed by atoms with Gasteiger partial charge in [-0.2, -0.15) is 0 Å². The fraction of sp³-hybridized carbons (Fsp3) is 0.625. The molecule has 0 bridgehead atoms. The summed E-state index contributed by atoms with van der Waals surface area (Å²) in [6.07, 6.45) is 6.08. The van der Waals surface area contributed by atoms with Crippen LogP contribution >= 0.6 is 0 Å². The Bertz CT molecular complexity index is 309. The first-order valence-corrected chi connectivity index (χ1v) is 7.54. The van der Waals surface area contributed by atoms with Crippen molar-refractivity contribution in [1.29, 1.82) is 0 Å². The number of rotatable bonds is 1. The van der Waals surface area contributed by atoms with Gasteiger partial charge in [0.1, 0.15) is 0 Å². The van der Waals surface area contributed by atoms with E-state index in [-0.39, 0.29) is 5.91 Å². The number of anilines is 1. The number of nitrogens with one attached hydrogen (secondary N) is 1. The Morgan fingerprint density at radius 1 is 1.20 bits per heavy atom. The molecule has 0 atom stereocenters. The first-order chi connectivity index (χ1) is 9.68. The molecule has 2 rings (SSSR count). The number of hydrogen-bond donors (Lipinski definition) is 1. The molecular formula is C16H31N3O. The summed E-state index contributed by atoms with van der Waals surface area (Å²) in [6, 6.07) is 3.56. The zero-order valence-electron chi connectivity index (χ0n) is 13.9. The SMILES string of the molecule is CC.CC.CC(=O)Nc1cccnc1.CN1CCCC1. The van der Waals surface area contributed by atoms with Gasteiger partial charge in [0.05, 0.1) is 11.9 Å². The predicted octanol–water partition coefficient (Wildman–Crippen LogP) is 3.80. The first kappa shape index (κ1) is 20.9. The number of hydrogen-bond acceptors (Lipinski definition) is 3. The third-order valence-electron chi connectivity index (χ3n) is 2.31. The Labute approximate surface area is 124 Å². The van der Waals surface area contributed by atoms with E-state index in [9.17, 15) is 4.79 Å². The maximum absolute atomic E-state index is 10.5. The molecule has 1 aliphatic rings. The largest absolute Gasteiger partial charge is 0.325 e. The van der Waals surface area contributed by atoms with Crippen molar-refractivity contribution in [2.45, 2.75) is 47.5 Å². The minimum Gasteiger partial charge on any atom is -0.325 e. The molecule has 116 valence electrons. The lowest BCUT2D eigenvalue weighted by Crippen LogP contribution is -2.10. The molecule has 0 unspecified atom stereocenters. The molecule has 4 nitrogen and oxygen atoms in total. The summed E-state index contributed by atoms with van der Waals surface area (Å²) in [5.41, 5.74) is 0.731. The number of aromatic nitrogens is 1. The lowest BCUT2D eigenvalue weighted by Gasteiger charge is -2.01. The summed E-state index contributed by atoms with van der Waals surface area (Å²) in [7, 11) is 2.17. The lowest BCUT2D eigenvalue weighted by molar-refractivity contribution is -0.114. The molecule has 2 heterocycles. The second-order valence-corrected chi connectivity index (χ2v) is 3.93. The Hall–Kier alpha value is -1.42. The minimum atomic E-state index is -0.0759. The number of likely N-dealkylation sites (tertiary alicyclic amines) is 1. The van der Waals surface area contributed by atoms with Gasteiger partial charge in [-0.15, -0.1) is 0 Å². The smallest absolute Gasteiger partial charge is 0.221 e. The highest BCUT2D eigenvalue weighted by Crippen LogP contribution is 2.02. The molecular weight excluding hydrogens is 250 g/mol. The average Bonchev–Trinajstić information content (AvgIpc) is 2.95. The second-order valence-electron chi connectivity index (χ2n) is 3.93. The van der Waals surface area contributed by atoms with Crippen molar-refractivity contribution in [3.63, 3.8) is 0 Å². The van der Waals surface area contributed by atoms with Gasteiger partial charge >= 0.3 is 0 Å². The van der Waals surface area contributed by atoms with Gasteiger partial charge in [-0.05, 0) is 45.1 Å². The summed E-state index contributed by atoms with van der Waals surface area (Å²) in [6.45, 7) is 12.1. The van der Waals surface area contributed by atoms with Crippen LogP contribution in [0.2, 0.25) is 0 Å². The van der Waals surface area contributed by atoms with Crippen molar-refractivity contribution in [2.75, 3.05) is 25.5 Å². The maximum atomic E-state index is 10.5. The van der Waals surface area contributed by atoms with Crippen LogP contribution in [0.4, 0.5) is 5.69 Å². The van der Waals surface area contributed by atoms with E-state index in [1.54, 1.807) is 24.5 Å². The van der Waals surface area contributed by atoms with Crippen LogP contribution in [0.3, 0.4) is 0 Å². The monoisotopic (exact) mass is 281 g/mol. The maximum Gasteiger partial charge on any atom is 0.221 e. The topological polar surface area (TPSA) is 45.2 Å². The van der Waals surface area contributed by atoms with Crippen molar-refractivity contribution in [3.8, 4) is 0 Å². The summed E-state index contributed by atoms with van der Waals surface area (Å²) >= 11 is 0. The second kappa shape index (κ2) is 15.6. The molecule has 0 saturated carbocycles. The number of carbonyl (C=O) groups is 1. The van der Waals surface area contributed by atoms with Crippen molar-refractivity contribution < 1.29 is 4.79 Å². The Morgan fingerprint density at radius 3 is 2.05 bits per heavy atom. The molecule has 1 fully saturated rings. The average molecular weight is 281 g/mol. The van der Waals surface area contributed by atoms with Crippen molar-refractivity contribution in [2.24, 2.45) is 0 Å². The Morgan fingerprint density at radius 2 is 1.75 bits per heavy atom. The quantitative estimate of drug-likeness (QED) is 0.851. The van der Waals surface area contributed by atoms with Gasteiger partial charge in [0, 0.05) is 13.1 Å². The van der Waals surface area contributed by atoms with E-state index in [1.807, 2.05) is 27.7 Å². The summed E-state index contributed by atoms with van der Waals surface area (Å²) in [5.74, 6) is -0.0759. The highest BCUT2D eigenvalue weighted by Gasteiger charge is 2.03. The molecule has 1 amide bonds. The van der Waals surface area contributed by atoms with Crippen LogP contribution in [-0.4, -0.2) is 35.9 Å². The third-order valence-corrected chi connectivity index (χ3v) is 2.31. The zero-order chi connectivity index (χ0) is 15.8. The van der Waals surface area contributed by atoms with Gasteiger partial charge < -0.3 is 10.2 Å². The molecule has 1 N–H and O–H groups in total. The molecule has 1 aromatic rings. The van der Waals surface area contributed by atoms with Crippen molar-refractivity contribution >= 4 is 11.6 Å². The van der Waals surface area contributed by atoms with Crippen LogP contribution in [0.1, 0.15) is 47.5 Å². The standard InChI is InChI=1S/C7H8N2O.C5H11N.2C2H6/c1-6(10)9-7-3-2-4-8-5-7;1-6-4-2-3-5-6;2*1-2/h2-5H,1H3,(H,9,10);2-5H2,1H3;2*1-2H3. The van der Waals surface area contributed by atoms with Gasteiger partial charge in [0.25, 0.3) is 0 Å². The molecule has 1 saturated heterocycles. The van der Waals surface area contributed by atoms with E-state index in [2.05, 4.69) is 22.2 Å². The van der Waals surface area contributed by atoms with E-state index in [0.29, 0.717) is 0 Å². The van der Waals surface area contributed by atoms with Crippen molar-refractivity contribution in [3.05, 3.63) is 24.5 Å². The van der Waals surface area contributed by atoms with Crippen LogP contribution in [0.15, 0.2) is 24.5 Å². The van der Waals surface area contributed by atoms with E-state index in [0.717, 1.165) is 5.69 Å². The molecule has 0 spiro atoms. The van der Waals surface area contributed by atoms with E-state index in [1.165, 1.54) is 32.9 Å². The van der Waals surface area contributed by atoms with Crippen LogP contribution < -0.4 is 5.32 Å². The third kappa shape index (κ3) is 13.0. The molecule has 20 heavy (non-hydrogen) atoms. The fourth-order valence-corrected chi connectivity index (χ4v) is 1.52. The Balaban J connectivity index is 0. The van der Waals surface area contributed by atoms with Gasteiger partial charge in [-0.25, -0.2) is 0 Å². The number of nitrogens with zero attached hydrogens (tertiary/aromatic N) is 2. The number of carbonyl (C=O) groups excluding carboxylic acids is 1. The number of pyridine rings is 1. The minimum absolute atomic E-state index is 0.0759. The highest BCUT2D eigenvalue weighted by molar-refractivity contribution is 5.88. The predicted molar refractivity (Wildman–Crippen MR) is 88.0 cm³/mol.